The van der Waals surface area contributed by atoms with E-state index in [1.54, 1.807) is 22.3 Å². The standard InChI is InChI=1S/C48H50P2.2BrH/c1-7-19-39(20-8-1)37-49(45(41-23-11-3-12-24-41)31-32-46(49)42-25-13-4-14-26-42)35-36-50(38-40-21-9-2-10-22-40)47(43-27-15-5-16-28-43)33-34-48(50)44-29-17-6-18-30-44;;/h1-30,45-48H,31-38H2;2*1H/q+2;;/p-2/t45-,46-,47-,48-;;/m1../s1. The van der Waals surface area contributed by atoms with Crippen LogP contribution in [0.25, 0.3) is 0 Å². The van der Waals surface area contributed by atoms with Crippen molar-refractivity contribution in [3.63, 3.8) is 0 Å². The van der Waals surface area contributed by atoms with Gasteiger partial charge in [0.25, 0.3) is 0 Å². The van der Waals surface area contributed by atoms with Gasteiger partial charge in [0.05, 0.1) is 47.3 Å². The van der Waals surface area contributed by atoms with Gasteiger partial charge in [0, 0.05) is 14.5 Å². The molecule has 6 aromatic rings. The number of hydrogen-bond acceptors (Lipinski definition) is 0. The van der Waals surface area contributed by atoms with Crippen molar-refractivity contribution in [2.45, 2.75) is 60.6 Å². The van der Waals surface area contributed by atoms with E-state index in [4.69, 9.17) is 0 Å². The first-order chi connectivity index (χ1) is 24.8. The molecule has 0 bridgehead atoms. The van der Waals surface area contributed by atoms with Gasteiger partial charge in [0.15, 0.2) is 0 Å². The van der Waals surface area contributed by atoms with Crippen LogP contribution in [-0.4, -0.2) is 12.3 Å². The molecule has 0 nitrogen and oxygen atoms in total. The summed E-state index contributed by atoms with van der Waals surface area (Å²) in [5.41, 5.74) is 11.9. The molecule has 0 amide bonds. The minimum absolute atomic E-state index is 0. The minimum atomic E-state index is -1.64. The highest BCUT2D eigenvalue weighted by molar-refractivity contribution is 7.79. The lowest BCUT2D eigenvalue weighted by Gasteiger charge is -2.40. The molecular formula is C48H50Br2P2. The molecule has 6 aromatic carbocycles. The van der Waals surface area contributed by atoms with E-state index in [-0.39, 0.29) is 34.0 Å². The molecule has 4 atom stereocenters. The first-order valence-corrected chi connectivity index (χ1v) is 23.4. The number of hydrogen-bond donors (Lipinski definition) is 0. The maximum Gasteiger partial charge on any atom is 0.0957 e. The zero-order valence-electron chi connectivity index (χ0n) is 29.9. The fourth-order valence-corrected chi connectivity index (χ4v) is 23.9. The highest BCUT2D eigenvalue weighted by atomic mass is 79.9. The molecule has 0 spiro atoms. The van der Waals surface area contributed by atoms with Crippen LogP contribution in [0.2, 0.25) is 0 Å². The van der Waals surface area contributed by atoms with Crippen LogP contribution in [0.1, 0.15) is 81.7 Å². The Morgan fingerprint density at radius 3 is 0.750 bits per heavy atom. The Hall–Kier alpha value is -2.86. The third kappa shape index (κ3) is 7.98. The van der Waals surface area contributed by atoms with Crippen LogP contribution in [0, 0.1) is 0 Å². The number of halogens is 2. The molecule has 2 aliphatic rings. The van der Waals surface area contributed by atoms with Crippen molar-refractivity contribution in [2.24, 2.45) is 0 Å². The maximum absolute atomic E-state index is 2.46. The average molecular weight is 849 g/mol. The summed E-state index contributed by atoms with van der Waals surface area (Å²) in [4.78, 5) is 0. The van der Waals surface area contributed by atoms with Crippen molar-refractivity contribution in [1.82, 2.24) is 0 Å². The van der Waals surface area contributed by atoms with Gasteiger partial charge < -0.3 is 34.0 Å². The predicted octanol–water partition coefficient (Wildman–Crippen LogP) is 7.98. The molecule has 0 N–H and O–H groups in total. The van der Waals surface area contributed by atoms with E-state index in [0.29, 0.717) is 22.6 Å². The smallest absolute Gasteiger partial charge is 0.0957 e. The molecule has 2 fully saturated rings. The molecule has 266 valence electrons. The van der Waals surface area contributed by atoms with Gasteiger partial charge in [-0.25, -0.2) is 0 Å². The summed E-state index contributed by atoms with van der Waals surface area (Å²) in [6, 6.07) is 70.0. The number of benzene rings is 6. The third-order valence-electron chi connectivity index (χ3n) is 12.2. The monoisotopic (exact) mass is 846 g/mol. The van der Waals surface area contributed by atoms with Gasteiger partial charge in [-0.05, 0) is 59.1 Å². The summed E-state index contributed by atoms with van der Waals surface area (Å²) in [7, 11) is -3.28. The van der Waals surface area contributed by atoms with E-state index in [9.17, 15) is 0 Å². The Balaban J connectivity index is 0.00000232. The molecule has 2 aliphatic heterocycles. The second-order valence-electron chi connectivity index (χ2n) is 14.8. The molecule has 8 rings (SSSR count). The molecule has 0 saturated carbocycles. The van der Waals surface area contributed by atoms with E-state index in [2.05, 4.69) is 182 Å². The van der Waals surface area contributed by atoms with Crippen molar-refractivity contribution in [1.29, 1.82) is 0 Å². The molecule has 4 heteroatoms. The summed E-state index contributed by atoms with van der Waals surface area (Å²) < 4.78 is 0. The number of rotatable bonds is 11. The van der Waals surface area contributed by atoms with Gasteiger partial charge in [-0.15, -0.1) is 0 Å². The van der Waals surface area contributed by atoms with Crippen LogP contribution in [0.5, 0.6) is 0 Å². The quantitative estimate of drug-likeness (QED) is 0.116. The van der Waals surface area contributed by atoms with Crippen molar-refractivity contribution >= 4 is 14.5 Å². The fraction of sp³-hybridized carbons (Fsp3) is 0.250. The van der Waals surface area contributed by atoms with Gasteiger partial charge in [-0.3, -0.25) is 0 Å². The van der Waals surface area contributed by atoms with Crippen LogP contribution in [-0.2, 0) is 12.3 Å². The molecule has 2 heterocycles. The molecule has 52 heavy (non-hydrogen) atoms. The Morgan fingerprint density at radius 2 is 0.519 bits per heavy atom. The maximum atomic E-state index is 2.46. The first kappa shape index (κ1) is 38.9. The Morgan fingerprint density at radius 1 is 0.308 bits per heavy atom. The minimum Gasteiger partial charge on any atom is -1.00 e. The van der Waals surface area contributed by atoms with Crippen LogP contribution in [0.15, 0.2) is 182 Å². The van der Waals surface area contributed by atoms with Crippen molar-refractivity contribution in [3.8, 4) is 0 Å². The van der Waals surface area contributed by atoms with E-state index >= 15 is 0 Å². The second-order valence-corrected chi connectivity index (χ2v) is 23.2. The van der Waals surface area contributed by atoms with E-state index in [1.165, 1.54) is 61.5 Å². The Kier molecular flexibility index (Phi) is 13.4. The van der Waals surface area contributed by atoms with Crippen molar-refractivity contribution in [2.75, 3.05) is 12.3 Å². The zero-order chi connectivity index (χ0) is 33.6. The van der Waals surface area contributed by atoms with Crippen LogP contribution < -0.4 is 34.0 Å². The van der Waals surface area contributed by atoms with Gasteiger partial charge in [-0.1, -0.05) is 182 Å². The molecule has 0 aromatic heterocycles. The molecule has 0 aliphatic carbocycles. The average Bonchev–Trinajstić information content (AvgIpc) is 3.75. The van der Waals surface area contributed by atoms with Crippen LogP contribution in [0.4, 0.5) is 0 Å². The summed E-state index contributed by atoms with van der Waals surface area (Å²) in [5, 5.41) is 0. The summed E-state index contributed by atoms with van der Waals surface area (Å²) in [5.74, 6) is 0. The summed E-state index contributed by atoms with van der Waals surface area (Å²) in [6.07, 6.45) is 10.3. The lowest BCUT2D eigenvalue weighted by molar-refractivity contribution is -0.001000. The van der Waals surface area contributed by atoms with E-state index in [0.717, 1.165) is 0 Å². The SMILES string of the molecule is [Br-].[Br-].c1ccc(C[P+]2(CC[P+]3(Cc4ccccc4)[C@@H](c4ccccc4)CC[C@@H]3c3ccccc3)[C@@H](c3ccccc3)CC[C@@H]2c2ccccc2)cc1. The van der Waals surface area contributed by atoms with Gasteiger partial charge in [0.1, 0.15) is 0 Å². The summed E-state index contributed by atoms with van der Waals surface area (Å²) in [6.45, 7) is 0. The molecule has 0 radical (unpaired) electrons. The molecular weight excluding hydrogens is 798 g/mol. The van der Waals surface area contributed by atoms with Gasteiger partial charge in [-0.2, -0.15) is 0 Å². The lowest BCUT2D eigenvalue weighted by Crippen LogP contribution is -3.00. The van der Waals surface area contributed by atoms with E-state index < -0.39 is 14.5 Å². The van der Waals surface area contributed by atoms with E-state index in [1.807, 2.05) is 0 Å². The van der Waals surface area contributed by atoms with Gasteiger partial charge in [0.2, 0.25) is 0 Å². The lowest BCUT2D eigenvalue weighted by atomic mass is 10.0. The van der Waals surface area contributed by atoms with Crippen molar-refractivity contribution < 1.29 is 34.0 Å². The third-order valence-corrected chi connectivity index (χ3v) is 23.8. The largest absolute Gasteiger partial charge is 1.00 e. The molecule has 0 unspecified atom stereocenters. The van der Waals surface area contributed by atoms with Crippen LogP contribution in [0.3, 0.4) is 0 Å². The predicted molar refractivity (Wildman–Crippen MR) is 219 cm³/mol. The summed E-state index contributed by atoms with van der Waals surface area (Å²) >= 11 is 0. The first-order valence-electron chi connectivity index (χ1n) is 18.8. The Bertz CT molecular complexity index is 1680. The van der Waals surface area contributed by atoms with Gasteiger partial charge >= 0.3 is 0 Å². The Labute approximate surface area is 334 Å². The topological polar surface area (TPSA) is 0 Å². The highest BCUT2D eigenvalue weighted by Gasteiger charge is 2.63. The van der Waals surface area contributed by atoms with Crippen LogP contribution >= 0.6 is 14.5 Å². The molecule has 2 saturated heterocycles. The normalized spacial score (nSPS) is 21.5. The fourth-order valence-electron chi connectivity index (χ4n) is 10.1. The zero-order valence-corrected chi connectivity index (χ0v) is 34.9. The van der Waals surface area contributed by atoms with Crippen molar-refractivity contribution in [3.05, 3.63) is 215 Å². The highest BCUT2D eigenvalue weighted by Crippen LogP contribution is 2.91. The second kappa shape index (κ2) is 18.0.